The molecule has 0 atom stereocenters. The predicted octanol–water partition coefficient (Wildman–Crippen LogP) is 2.38. The van der Waals surface area contributed by atoms with Gasteiger partial charge in [-0.15, -0.1) is 11.3 Å². The molecule has 0 unspecified atom stereocenters. The third-order valence-electron chi connectivity index (χ3n) is 2.28. The van der Waals surface area contributed by atoms with Crippen LogP contribution in [0.5, 0.6) is 0 Å². The summed E-state index contributed by atoms with van der Waals surface area (Å²) in [5.41, 5.74) is 1.89. The van der Waals surface area contributed by atoms with E-state index in [0.29, 0.717) is 5.95 Å². The number of aromatic nitrogens is 5. The molecule has 3 aromatic heterocycles. The van der Waals surface area contributed by atoms with Gasteiger partial charge in [0.1, 0.15) is 10.8 Å². The standard InChI is InChI=1S/C11H10N6S/c1-7-2-3-12-11(15-7)17-9-6-18-10(16-9)8-4-13-14-5-8/h2-6H,1H3,(H,13,14)(H,12,15,17). The van der Waals surface area contributed by atoms with E-state index in [-0.39, 0.29) is 0 Å². The van der Waals surface area contributed by atoms with E-state index in [1.165, 1.54) is 0 Å². The number of nitrogens with one attached hydrogen (secondary N) is 2. The van der Waals surface area contributed by atoms with E-state index in [1.54, 1.807) is 23.7 Å². The maximum absolute atomic E-state index is 4.45. The first-order chi connectivity index (χ1) is 8.81. The van der Waals surface area contributed by atoms with Gasteiger partial charge in [-0.3, -0.25) is 5.10 Å². The van der Waals surface area contributed by atoms with Crippen molar-refractivity contribution in [2.45, 2.75) is 6.92 Å². The Bertz CT molecular complexity index is 645. The van der Waals surface area contributed by atoms with Crippen LogP contribution in [0.15, 0.2) is 30.0 Å². The summed E-state index contributed by atoms with van der Waals surface area (Å²) in [5.74, 6) is 1.29. The number of thiazole rings is 1. The van der Waals surface area contributed by atoms with Crippen molar-refractivity contribution in [3.05, 3.63) is 35.7 Å². The Labute approximate surface area is 107 Å². The molecule has 0 spiro atoms. The van der Waals surface area contributed by atoms with Crippen molar-refractivity contribution in [3.63, 3.8) is 0 Å². The Morgan fingerprint density at radius 1 is 1.33 bits per heavy atom. The topological polar surface area (TPSA) is 79.4 Å². The van der Waals surface area contributed by atoms with Crippen molar-refractivity contribution in [2.75, 3.05) is 5.32 Å². The molecule has 0 aromatic carbocycles. The minimum Gasteiger partial charge on any atom is -0.308 e. The average Bonchev–Trinajstić information content (AvgIpc) is 2.98. The molecule has 0 aliphatic heterocycles. The van der Waals surface area contributed by atoms with Gasteiger partial charge in [0.25, 0.3) is 0 Å². The zero-order chi connectivity index (χ0) is 12.4. The smallest absolute Gasteiger partial charge is 0.228 e. The summed E-state index contributed by atoms with van der Waals surface area (Å²) >= 11 is 1.54. The summed E-state index contributed by atoms with van der Waals surface area (Å²) in [4.78, 5) is 12.8. The van der Waals surface area contributed by atoms with E-state index < -0.39 is 0 Å². The molecule has 0 saturated heterocycles. The van der Waals surface area contributed by atoms with E-state index in [2.05, 4.69) is 30.5 Å². The molecule has 0 saturated carbocycles. The van der Waals surface area contributed by atoms with Crippen molar-refractivity contribution in [1.29, 1.82) is 0 Å². The number of nitrogens with zero attached hydrogens (tertiary/aromatic N) is 4. The van der Waals surface area contributed by atoms with Crippen LogP contribution in [-0.2, 0) is 0 Å². The minimum atomic E-state index is 0.555. The van der Waals surface area contributed by atoms with Crippen LogP contribution in [-0.4, -0.2) is 25.1 Å². The van der Waals surface area contributed by atoms with Crippen LogP contribution >= 0.6 is 11.3 Å². The summed E-state index contributed by atoms with van der Waals surface area (Å²) in [6, 6.07) is 1.85. The number of aromatic amines is 1. The van der Waals surface area contributed by atoms with Gasteiger partial charge in [0.05, 0.1) is 6.20 Å². The lowest BCUT2D eigenvalue weighted by Crippen LogP contribution is -1.97. The van der Waals surface area contributed by atoms with Gasteiger partial charge in [-0.2, -0.15) is 5.10 Å². The molecule has 0 amide bonds. The molecule has 6 nitrogen and oxygen atoms in total. The Morgan fingerprint density at radius 3 is 3.06 bits per heavy atom. The highest BCUT2D eigenvalue weighted by Gasteiger charge is 2.06. The van der Waals surface area contributed by atoms with E-state index in [9.17, 15) is 0 Å². The van der Waals surface area contributed by atoms with E-state index >= 15 is 0 Å². The molecule has 0 aliphatic rings. The maximum atomic E-state index is 4.45. The molecular formula is C11H10N6S. The molecule has 3 aromatic rings. The second-order valence-electron chi connectivity index (χ2n) is 3.67. The van der Waals surface area contributed by atoms with Crippen LogP contribution in [0.4, 0.5) is 11.8 Å². The molecule has 3 rings (SSSR count). The first-order valence-electron chi connectivity index (χ1n) is 5.32. The number of anilines is 2. The zero-order valence-electron chi connectivity index (χ0n) is 9.58. The fourth-order valence-corrected chi connectivity index (χ4v) is 2.19. The summed E-state index contributed by atoms with van der Waals surface area (Å²) in [5, 5.41) is 12.6. The van der Waals surface area contributed by atoms with Crippen molar-refractivity contribution in [2.24, 2.45) is 0 Å². The van der Waals surface area contributed by atoms with E-state index in [0.717, 1.165) is 22.1 Å². The summed E-state index contributed by atoms with van der Waals surface area (Å²) < 4.78 is 0. The lowest BCUT2D eigenvalue weighted by Gasteiger charge is -2.00. The largest absolute Gasteiger partial charge is 0.308 e. The third-order valence-corrected chi connectivity index (χ3v) is 3.18. The van der Waals surface area contributed by atoms with Crippen LogP contribution in [0.25, 0.3) is 10.6 Å². The first kappa shape index (κ1) is 10.8. The summed E-state index contributed by atoms with van der Waals surface area (Å²) in [6.07, 6.45) is 5.27. The highest BCUT2D eigenvalue weighted by molar-refractivity contribution is 7.13. The van der Waals surface area contributed by atoms with Gasteiger partial charge in [-0.25, -0.2) is 15.0 Å². The van der Waals surface area contributed by atoms with Crippen molar-refractivity contribution in [1.82, 2.24) is 25.1 Å². The number of hydrogen-bond acceptors (Lipinski definition) is 6. The summed E-state index contributed by atoms with van der Waals surface area (Å²) in [7, 11) is 0. The van der Waals surface area contributed by atoms with Gasteiger partial charge in [0.15, 0.2) is 0 Å². The molecular weight excluding hydrogens is 248 g/mol. The number of aryl methyl sites for hydroxylation is 1. The molecule has 90 valence electrons. The predicted molar refractivity (Wildman–Crippen MR) is 69.7 cm³/mol. The third kappa shape index (κ3) is 2.21. The Hall–Kier alpha value is -2.28. The van der Waals surface area contributed by atoms with Crippen LogP contribution < -0.4 is 5.32 Å². The van der Waals surface area contributed by atoms with Crippen molar-refractivity contribution >= 4 is 23.1 Å². The van der Waals surface area contributed by atoms with E-state index in [4.69, 9.17) is 0 Å². The monoisotopic (exact) mass is 258 g/mol. The summed E-state index contributed by atoms with van der Waals surface area (Å²) in [6.45, 7) is 1.92. The number of H-pyrrole nitrogens is 1. The second kappa shape index (κ2) is 4.53. The van der Waals surface area contributed by atoms with Crippen LogP contribution in [0.3, 0.4) is 0 Å². The Balaban J connectivity index is 1.82. The highest BCUT2D eigenvalue weighted by atomic mass is 32.1. The highest BCUT2D eigenvalue weighted by Crippen LogP contribution is 2.25. The number of rotatable bonds is 3. The first-order valence-corrected chi connectivity index (χ1v) is 6.20. The zero-order valence-corrected chi connectivity index (χ0v) is 10.4. The van der Waals surface area contributed by atoms with Crippen molar-refractivity contribution in [3.8, 4) is 10.6 Å². The van der Waals surface area contributed by atoms with Gasteiger partial charge in [-0.05, 0) is 13.0 Å². The van der Waals surface area contributed by atoms with Gasteiger partial charge in [0, 0.05) is 29.0 Å². The molecule has 0 aliphatic carbocycles. The van der Waals surface area contributed by atoms with Crippen LogP contribution in [0.1, 0.15) is 5.69 Å². The fraction of sp³-hybridized carbons (Fsp3) is 0.0909. The second-order valence-corrected chi connectivity index (χ2v) is 4.53. The minimum absolute atomic E-state index is 0.555. The quantitative estimate of drug-likeness (QED) is 0.754. The lowest BCUT2D eigenvalue weighted by molar-refractivity contribution is 1.09. The van der Waals surface area contributed by atoms with E-state index in [1.807, 2.05) is 24.6 Å². The molecule has 0 fully saturated rings. The van der Waals surface area contributed by atoms with Crippen LogP contribution in [0, 0.1) is 6.92 Å². The van der Waals surface area contributed by atoms with Gasteiger partial charge in [-0.1, -0.05) is 0 Å². The van der Waals surface area contributed by atoms with Gasteiger partial charge in [0.2, 0.25) is 5.95 Å². The molecule has 7 heteroatoms. The molecule has 18 heavy (non-hydrogen) atoms. The lowest BCUT2D eigenvalue weighted by atomic mass is 10.4. The van der Waals surface area contributed by atoms with Crippen molar-refractivity contribution < 1.29 is 0 Å². The van der Waals surface area contributed by atoms with Gasteiger partial charge < -0.3 is 5.32 Å². The Kier molecular flexibility index (Phi) is 2.73. The normalized spacial score (nSPS) is 10.5. The molecule has 2 N–H and O–H groups in total. The van der Waals surface area contributed by atoms with Gasteiger partial charge >= 0.3 is 0 Å². The molecule has 3 heterocycles. The maximum Gasteiger partial charge on any atom is 0.228 e. The Morgan fingerprint density at radius 2 is 2.28 bits per heavy atom. The molecule has 0 radical (unpaired) electrons. The SMILES string of the molecule is Cc1ccnc(Nc2csc(-c3cn[nH]c3)n2)n1. The molecule has 0 bridgehead atoms. The average molecular weight is 258 g/mol. The van der Waals surface area contributed by atoms with Crippen LogP contribution in [0.2, 0.25) is 0 Å². The fourth-order valence-electron chi connectivity index (χ4n) is 1.46. The number of hydrogen-bond donors (Lipinski definition) is 2.